The fourth-order valence-electron chi connectivity index (χ4n) is 2.43. The molecule has 0 saturated heterocycles. The minimum absolute atomic E-state index is 0.0642. The zero-order valence-corrected chi connectivity index (χ0v) is 14.9. The third-order valence-electron chi connectivity index (χ3n) is 3.83. The molecule has 0 spiro atoms. The van der Waals surface area contributed by atoms with Gasteiger partial charge in [0.2, 0.25) is 0 Å². The molecule has 27 heavy (non-hydrogen) atoms. The Kier molecular flexibility index (Phi) is 5.98. The van der Waals surface area contributed by atoms with Crippen LogP contribution in [-0.2, 0) is 6.42 Å². The molecule has 2 aromatic carbocycles. The maximum atomic E-state index is 13.2. The number of pyridine rings is 1. The van der Waals surface area contributed by atoms with Gasteiger partial charge in [-0.05, 0) is 54.4 Å². The highest BCUT2D eigenvalue weighted by molar-refractivity contribution is 6.31. The molecule has 0 aliphatic heterocycles. The third-order valence-corrected chi connectivity index (χ3v) is 4.12. The first-order chi connectivity index (χ1) is 13.0. The van der Waals surface area contributed by atoms with Crippen molar-refractivity contribution in [1.82, 2.24) is 4.98 Å². The lowest BCUT2D eigenvalue weighted by Crippen LogP contribution is -2.13. The van der Waals surface area contributed by atoms with Crippen LogP contribution in [0.15, 0.2) is 60.8 Å². The van der Waals surface area contributed by atoms with Crippen molar-refractivity contribution in [2.75, 3.05) is 17.2 Å². The smallest absolute Gasteiger partial charge is 0.255 e. The van der Waals surface area contributed by atoms with Crippen LogP contribution in [-0.4, -0.2) is 17.4 Å². The number of aromatic nitrogens is 1. The fourth-order valence-corrected chi connectivity index (χ4v) is 2.61. The molecule has 0 radical (unpaired) electrons. The van der Waals surface area contributed by atoms with Crippen molar-refractivity contribution < 1.29 is 13.6 Å². The molecule has 0 unspecified atom stereocenters. The van der Waals surface area contributed by atoms with Crippen molar-refractivity contribution in [2.24, 2.45) is 0 Å². The number of benzene rings is 2. The number of hydrogen-bond donors (Lipinski definition) is 2. The number of halogens is 3. The van der Waals surface area contributed by atoms with Crippen LogP contribution in [0.2, 0.25) is 5.02 Å². The molecular weight excluding hydrogens is 372 g/mol. The SMILES string of the molecule is O=C(Nc1ccc(F)c(Cl)c1)c1ccnc(NCCc2ccc(F)cc2)c1. The summed E-state index contributed by atoms with van der Waals surface area (Å²) in [6.45, 7) is 0.581. The standard InChI is InChI=1S/C20H16ClF2N3O/c21-17-12-16(5-6-18(17)23)26-20(27)14-8-10-25-19(11-14)24-9-7-13-1-3-15(22)4-2-13/h1-6,8,10-12H,7,9H2,(H,24,25)(H,26,27). The Balaban J connectivity index is 1.59. The second-order valence-electron chi connectivity index (χ2n) is 5.82. The Hall–Kier alpha value is -2.99. The van der Waals surface area contributed by atoms with Gasteiger partial charge in [0, 0.05) is 24.0 Å². The van der Waals surface area contributed by atoms with Gasteiger partial charge in [-0.3, -0.25) is 4.79 Å². The summed E-state index contributed by atoms with van der Waals surface area (Å²) in [5.74, 6) is -0.635. The lowest BCUT2D eigenvalue weighted by Gasteiger charge is -2.09. The van der Waals surface area contributed by atoms with Crippen molar-refractivity contribution in [1.29, 1.82) is 0 Å². The second kappa shape index (κ2) is 8.60. The lowest BCUT2D eigenvalue weighted by molar-refractivity contribution is 0.102. The minimum atomic E-state index is -0.550. The molecule has 0 atom stereocenters. The van der Waals surface area contributed by atoms with E-state index in [0.717, 1.165) is 5.56 Å². The number of nitrogens with zero attached hydrogens (tertiary/aromatic N) is 1. The Morgan fingerprint density at radius 3 is 2.56 bits per heavy atom. The molecule has 0 aliphatic carbocycles. The van der Waals surface area contributed by atoms with Gasteiger partial charge in [-0.1, -0.05) is 23.7 Å². The molecule has 0 aliphatic rings. The molecule has 1 aromatic heterocycles. The van der Waals surface area contributed by atoms with E-state index in [9.17, 15) is 13.6 Å². The molecule has 0 bridgehead atoms. The zero-order chi connectivity index (χ0) is 19.2. The van der Waals surface area contributed by atoms with Gasteiger partial charge < -0.3 is 10.6 Å². The fraction of sp³-hybridized carbons (Fsp3) is 0.100. The number of hydrogen-bond acceptors (Lipinski definition) is 3. The molecule has 7 heteroatoms. The van der Waals surface area contributed by atoms with E-state index in [2.05, 4.69) is 15.6 Å². The predicted molar refractivity (Wildman–Crippen MR) is 102 cm³/mol. The van der Waals surface area contributed by atoms with Crippen LogP contribution in [0, 0.1) is 11.6 Å². The Labute approximate surface area is 160 Å². The summed E-state index contributed by atoms with van der Waals surface area (Å²) >= 11 is 5.72. The monoisotopic (exact) mass is 387 g/mol. The largest absolute Gasteiger partial charge is 0.370 e. The third kappa shape index (κ3) is 5.24. The van der Waals surface area contributed by atoms with Crippen molar-refractivity contribution in [3.8, 4) is 0 Å². The van der Waals surface area contributed by atoms with Gasteiger partial charge in [0.25, 0.3) is 5.91 Å². The van der Waals surface area contributed by atoms with Crippen LogP contribution in [0.25, 0.3) is 0 Å². The number of rotatable bonds is 6. The van der Waals surface area contributed by atoms with Gasteiger partial charge in [-0.2, -0.15) is 0 Å². The van der Waals surface area contributed by atoms with Crippen LogP contribution < -0.4 is 10.6 Å². The first kappa shape index (κ1) is 18.8. The van der Waals surface area contributed by atoms with Crippen LogP contribution in [0.4, 0.5) is 20.3 Å². The highest BCUT2D eigenvalue weighted by atomic mass is 35.5. The first-order valence-electron chi connectivity index (χ1n) is 8.22. The molecule has 4 nitrogen and oxygen atoms in total. The highest BCUT2D eigenvalue weighted by Crippen LogP contribution is 2.20. The molecule has 1 heterocycles. The van der Waals surface area contributed by atoms with E-state index >= 15 is 0 Å². The van der Waals surface area contributed by atoms with Crippen LogP contribution in [0.5, 0.6) is 0 Å². The average Bonchev–Trinajstić information content (AvgIpc) is 2.66. The van der Waals surface area contributed by atoms with Crippen molar-refractivity contribution in [3.05, 3.63) is 88.6 Å². The van der Waals surface area contributed by atoms with Gasteiger partial charge in [-0.15, -0.1) is 0 Å². The lowest BCUT2D eigenvalue weighted by atomic mass is 10.1. The minimum Gasteiger partial charge on any atom is -0.370 e. The zero-order valence-electron chi connectivity index (χ0n) is 14.2. The summed E-state index contributed by atoms with van der Waals surface area (Å²) in [6.07, 6.45) is 2.21. The Morgan fingerprint density at radius 1 is 1.04 bits per heavy atom. The molecule has 1 amide bonds. The van der Waals surface area contributed by atoms with E-state index in [1.165, 1.54) is 36.5 Å². The van der Waals surface area contributed by atoms with E-state index in [0.29, 0.717) is 30.0 Å². The first-order valence-corrected chi connectivity index (χ1v) is 8.60. The van der Waals surface area contributed by atoms with Crippen molar-refractivity contribution >= 4 is 29.0 Å². The molecular formula is C20H16ClF2N3O. The number of anilines is 2. The van der Waals surface area contributed by atoms with Gasteiger partial charge in [-0.25, -0.2) is 13.8 Å². The van der Waals surface area contributed by atoms with E-state index in [1.54, 1.807) is 24.3 Å². The number of amides is 1. The average molecular weight is 388 g/mol. The molecule has 3 aromatic rings. The topological polar surface area (TPSA) is 54.0 Å². The molecule has 138 valence electrons. The molecule has 0 saturated carbocycles. The van der Waals surface area contributed by atoms with Crippen LogP contribution in [0.1, 0.15) is 15.9 Å². The summed E-state index contributed by atoms with van der Waals surface area (Å²) in [4.78, 5) is 16.5. The van der Waals surface area contributed by atoms with Gasteiger partial charge >= 0.3 is 0 Å². The second-order valence-corrected chi connectivity index (χ2v) is 6.22. The van der Waals surface area contributed by atoms with E-state index in [4.69, 9.17) is 11.6 Å². The maximum absolute atomic E-state index is 13.2. The van der Waals surface area contributed by atoms with E-state index < -0.39 is 5.82 Å². The quantitative estimate of drug-likeness (QED) is 0.631. The summed E-state index contributed by atoms with van der Waals surface area (Å²) in [5.41, 5.74) is 1.79. The highest BCUT2D eigenvalue weighted by Gasteiger charge is 2.09. The summed E-state index contributed by atoms with van der Waals surface area (Å²) in [7, 11) is 0. The van der Waals surface area contributed by atoms with Gasteiger partial charge in [0.1, 0.15) is 17.5 Å². The van der Waals surface area contributed by atoms with E-state index in [1.807, 2.05) is 0 Å². The number of carbonyl (C=O) groups excluding carboxylic acids is 1. The van der Waals surface area contributed by atoms with Crippen molar-refractivity contribution in [2.45, 2.75) is 6.42 Å². The molecule has 0 fully saturated rings. The predicted octanol–water partition coefficient (Wildman–Crippen LogP) is 4.92. The normalized spacial score (nSPS) is 10.5. The van der Waals surface area contributed by atoms with Gasteiger partial charge in [0.05, 0.1) is 5.02 Å². The van der Waals surface area contributed by atoms with Crippen molar-refractivity contribution in [3.63, 3.8) is 0 Å². The van der Waals surface area contributed by atoms with Crippen LogP contribution in [0.3, 0.4) is 0 Å². The number of carbonyl (C=O) groups is 1. The summed E-state index contributed by atoms with van der Waals surface area (Å²) in [6, 6.07) is 13.4. The summed E-state index contributed by atoms with van der Waals surface area (Å²) in [5, 5.41) is 5.72. The molecule has 3 rings (SSSR count). The van der Waals surface area contributed by atoms with E-state index in [-0.39, 0.29) is 16.7 Å². The Morgan fingerprint density at radius 2 is 1.81 bits per heavy atom. The molecule has 2 N–H and O–H groups in total. The summed E-state index contributed by atoms with van der Waals surface area (Å²) < 4.78 is 26.1. The van der Waals surface area contributed by atoms with Crippen LogP contribution >= 0.6 is 11.6 Å². The van der Waals surface area contributed by atoms with Gasteiger partial charge in [0.15, 0.2) is 0 Å². The maximum Gasteiger partial charge on any atom is 0.255 e. The Bertz CT molecular complexity index is 948. The number of nitrogens with one attached hydrogen (secondary N) is 2.